The molecule has 0 spiro atoms. The predicted octanol–water partition coefficient (Wildman–Crippen LogP) is 2.12. The zero-order valence-electron chi connectivity index (χ0n) is 15.6. The van der Waals surface area contributed by atoms with Gasteiger partial charge in [0.15, 0.2) is 0 Å². The van der Waals surface area contributed by atoms with Crippen LogP contribution in [-0.2, 0) is 0 Å². The summed E-state index contributed by atoms with van der Waals surface area (Å²) in [7, 11) is 2.16. The van der Waals surface area contributed by atoms with Gasteiger partial charge in [-0.1, -0.05) is 30.3 Å². The minimum atomic E-state index is -0.0233. The number of carbonyl (C=O) groups is 1. The van der Waals surface area contributed by atoms with Crippen LogP contribution in [0.2, 0.25) is 0 Å². The smallest absolute Gasteiger partial charge is 0.315 e. The molecule has 0 aromatic heterocycles. The zero-order valence-corrected chi connectivity index (χ0v) is 15.6. The van der Waals surface area contributed by atoms with Gasteiger partial charge in [-0.05, 0) is 44.2 Å². The number of benzene rings is 1. The Labute approximate surface area is 151 Å². The maximum atomic E-state index is 12.1. The summed E-state index contributed by atoms with van der Waals surface area (Å²) in [5.41, 5.74) is 1.43. The van der Waals surface area contributed by atoms with Gasteiger partial charge in [0, 0.05) is 45.3 Å². The number of hydrogen-bond donors (Lipinski definition) is 2. The zero-order chi connectivity index (χ0) is 17.6. The molecule has 0 bridgehead atoms. The molecular weight excluding hydrogens is 312 g/mol. The van der Waals surface area contributed by atoms with Crippen molar-refractivity contribution in [2.75, 3.05) is 46.3 Å². The summed E-state index contributed by atoms with van der Waals surface area (Å²) in [4.78, 5) is 16.9. The van der Waals surface area contributed by atoms with Crippen molar-refractivity contribution in [2.24, 2.45) is 5.92 Å². The molecule has 2 fully saturated rings. The second-order valence-electron chi connectivity index (χ2n) is 7.80. The number of likely N-dealkylation sites (N-methyl/N-ethyl adjacent to an activating group) is 1. The van der Waals surface area contributed by atoms with Crippen molar-refractivity contribution in [3.63, 3.8) is 0 Å². The first-order valence-electron chi connectivity index (χ1n) is 9.60. The van der Waals surface area contributed by atoms with Crippen LogP contribution >= 0.6 is 0 Å². The lowest BCUT2D eigenvalue weighted by Crippen LogP contribution is -2.51. The van der Waals surface area contributed by atoms with E-state index in [1.807, 2.05) is 0 Å². The molecule has 1 aliphatic heterocycles. The van der Waals surface area contributed by atoms with E-state index in [1.165, 1.54) is 18.4 Å². The Kier molecular flexibility index (Phi) is 6.32. The molecule has 2 aliphatic rings. The molecule has 5 heteroatoms. The van der Waals surface area contributed by atoms with Crippen LogP contribution in [0.3, 0.4) is 0 Å². The minimum Gasteiger partial charge on any atom is -0.338 e. The molecule has 1 aliphatic carbocycles. The van der Waals surface area contributed by atoms with Gasteiger partial charge >= 0.3 is 6.03 Å². The van der Waals surface area contributed by atoms with Crippen LogP contribution in [0.4, 0.5) is 4.79 Å². The molecule has 1 heterocycles. The summed E-state index contributed by atoms with van der Waals surface area (Å²) >= 11 is 0. The molecule has 1 aromatic carbocycles. The summed E-state index contributed by atoms with van der Waals surface area (Å²) in [5, 5.41) is 6.13. The maximum Gasteiger partial charge on any atom is 0.315 e. The molecule has 1 saturated heterocycles. The fraction of sp³-hybridized carbons (Fsp3) is 0.650. The second-order valence-corrected chi connectivity index (χ2v) is 7.80. The molecule has 1 aromatic rings. The SMILES string of the molecule is C[C@H](CN1CCN(C)CC1)NC(=O)NCC1CC(c2ccccc2)C1. The molecule has 0 unspecified atom stereocenters. The van der Waals surface area contributed by atoms with E-state index in [0.717, 1.165) is 39.3 Å². The molecule has 2 amide bonds. The molecule has 138 valence electrons. The van der Waals surface area contributed by atoms with Crippen molar-refractivity contribution in [1.29, 1.82) is 0 Å². The van der Waals surface area contributed by atoms with Crippen molar-refractivity contribution >= 4 is 6.03 Å². The molecule has 3 rings (SSSR count). The van der Waals surface area contributed by atoms with Crippen LogP contribution in [0.15, 0.2) is 30.3 Å². The number of piperazine rings is 1. The van der Waals surface area contributed by atoms with E-state index in [0.29, 0.717) is 11.8 Å². The topological polar surface area (TPSA) is 47.6 Å². The Balaban J connectivity index is 1.28. The summed E-state index contributed by atoms with van der Waals surface area (Å²) in [6, 6.07) is 10.9. The number of nitrogens with zero attached hydrogens (tertiary/aromatic N) is 2. The molecule has 0 radical (unpaired) electrons. The Morgan fingerprint density at radius 2 is 1.84 bits per heavy atom. The number of rotatable bonds is 6. The first-order valence-corrected chi connectivity index (χ1v) is 9.60. The lowest BCUT2D eigenvalue weighted by Gasteiger charge is -2.36. The third-order valence-corrected chi connectivity index (χ3v) is 5.56. The van der Waals surface area contributed by atoms with E-state index < -0.39 is 0 Å². The highest BCUT2D eigenvalue weighted by Gasteiger charge is 2.30. The van der Waals surface area contributed by atoms with Crippen molar-refractivity contribution in [3.05, 3.63) is 35.9 Å². The fourth-order valence-corrected chi connectivity index (χ4v) is 3.87. The summed E-state index contributed by atoms with van der Waals surface area (Å²) in [6.07, 6.45) is 2.36. The Hall–Kier alpha value is -1.59. The molecule has 2 N–H and O–H groups in total. The quantitative estimate of drug-likeness (QED) is 0.831. The lowest BCUT2D eigenvalue weighted by atomic mass is 9.71. The van der Waals surface area contributed by atoms with Crippen molar-refractivity contribution < 1.29 is 4.79 Å². The van der Waals surface area contributed by atoms with E-state index in [2.05, 4.69) is 64.7 Å². The van der Waals surface area contributed by atoms with Gasteiger partial charge < -0.3 is 15.5 Å². The Bertz CT molecular complexity index is 536. The first kappa shape index (κ1) is 18.2. The predicted molar refractivity (Wildman–Crippen MR) is 102 cm³/mol. The van der Waals surface area contributed by atoms with E-state index in [1.54, 1.807) is 0 Å². The van der Waals surface area contributed by atoms with E-state index in [9.17, 15) is 4.79 Å². The minimum absolute atomic E-state index is 0.0233. The number of urea groups is 1. The van der Waals surface area contributed by atoms with E-state index in [-0.39, 0.29) is 12.1 Å². The highest BCUT2D eigenvalue weighted by molar-refractivity contribution is 5.74. The van der Waals surface area contributed by atoms with Gasteiger partial charge in [0.05, 0.1) is 0 Å². The van der Waals surface area contributed by atoms with Crippen molar-refractivity contribution in [1.82, 2.24) is 20.4 Å². The average Bonchev–Trinajstić information content (AvgIpc) is 2.56. The largest absolute Gasteiger partial charge is 0.338 e. The van der Waals surface area contributed by atoms with E-state index in [4.69, 9.17) is 0 Å². The van der Waals surface area contributed by atoms with Crippen LogP contribution in [0.25, 0.3) is 0 Å². The van der Waals surface area contributed by atoms with Gasteiger partial charge in [-0.25, -0.2) is 4.79 Å². The Morgan fingerprint density at radius 3 is 2.52 bits per heavy atom. The maximum absolute atomic E-state index is 12.1. The first-order chi connectivity index (χ1) is 12.1. The fourth-order valence-electron chi connectivity index (χ4n) is 3.87. The lowest BCUT2D eigenvalue weighted by molar-refractivity contribution is 0.144. The molecule has 1 saturated carbocycles. The van der Waals surface area contributed by atoms with Crippen LogP contribution < -0.4 is 10.6 Å². The molecule has 5 nitrogen and oxygen atoms in total. The summed E-state index contributed by atoms with van der Waals surface area (Å²) in [6.45, 7) is 8.22. The summed E-state index contributed by atoms with van der Waals surface area (Å²) in [5.74, 6) is 1.29. The van der Waals surface area contributed by atoms with Crippen LogP contribution in [0, 0.1) is 5.92 Å². The number of nitrogens with one attached hydrogen (secondary N) is 2. The van der Waals surface area contributed by atoms with Gasteiger partial charge in [-0.2, -0.15) is 0 Å². The highest BCUT2D eigenvalue weighted by atomic mass is 16.2. The van der Waals surface area contributed by atoms with Gasteiger partial charge in [0.1, 0.15) is 0 Å². The monoisotopic (exact) mass is 344 g/mol. The van der Waals surface area contributed by atoms with Crippen LogP contribution in [0.1, 0.15) is 31.2 Å². The van der Waals surface area contributed by atoms with E-state index >= 15 is 0 Å². The van der Waals surface area contributed by atoms with Gasteiger partial charge in [0.25, 0.3) is 0 Å². The standard InChI is InChI=1S/C20H32N4O/c1-16(15-24-10-8-23(2)9-11-24)22-20(25)21-14-17-12-19(13-17)18-6-4-3-5-7-18/h3-7,16-17,19H,8-15H2,1-2H3,(H2,21,22,25)/t16-,17?,19?/m1/s1. The van der Waals surface area contributed by atoms with Crippen molar-refractivity contribution in [2.45, 2.75) is 31.7 Å². The number of hydrogen-bond acceptors (Lipinski definition) is 3. The van der Waals surface area contributed by atoms with Gasteiger partial charge in [-0.3, -0.25) is 4.90 Å². The van der Waals surface area contributed by atoms with Crippen molar-refractivity contribution in [3.8, 4) is 0 Å². The number of amides is 2. The van der Waals surface area contributed by atoms with Gasteiger partial charge in [0.2, 0.25) is 0 Å². The summed E-state index contributed by atoms with van der Waals surface area (Å²) < 4.78 is 0. The second kappa shape index (κ2) is 8.68. The average molecular weight is 345 g/mol. The molecule has 1 atom stereocenters. The number of carbonyl (C=O) groups excluding carboxylic acids is 1. The third kappa shape index (κ3) is 5.44. The van der Waals surface area contributed by atoms with Crippen LogP contribution in [0.5, 0.6) is 0 Å². The van der Waals surface area contributed by atoms with Crippen LogP contribution in [-0.4, -0.2) is 68.2 Å². The highest BCUT2D eigenvalue weighted by Crippen LogP contribution is 2.40. The molecule has 25 heavy (non-hydrogen) atoms. The molecular formula is C20H32N4O. The Morgan fingerprint density at radius 1 is 1.16 bits per heavy atom. The van der Waals surface area contributed by atoms with Gasteiger partial charge in [-0.15, -0.1) is 0 Å². The normalized spacial score (nSPS) is 25.8. The third-order valence-electron chi connectivity index (χ3n) is 5.56.